The van der Waals surface area contributed by atoms with Crippen LogP contribution < -0.4 is 10.1 Å². The molecular weight excluding hydrogens is 244 g/mol. The molecule has 18 heavy (non-hydrogen) atoms. The summed E-state index contributed by atoms with van der Waals surface area (Å²) in [6.45, 7) is 2.75. The normalized spacial score (nSPS) is 9.83. The van der Waals surface area contributed by atoms with E-state index >= 15 is 0 Å². The lowest BCUT2D eigenvalue weighted by atomic mass is 10.2. The van der Waals surface area contributed by atoms with Gasteiger partial charge in [0.15, 0.2) is 0 Å². The number of hydrogen-bond donors (Lipinski definition) is 1. The van der Waals surface area contributed by atoms with Crippen molar-refractivity contribution in [2.45, 2.75) is 13.5 Å². The molecule has 1 heterocycles. The third kappa shape index (κ3) is 2.82. The summed E-state index contributed by atoms with van der Waals surface area (Å²) in [5.41, 5.74) is 2.16. The van der Waals surface area contributed by atoms with Gasteiger partial charge >= 0.3 is 0 Å². The Kier molecular flexibility index (Phi) is 3.85. The molecule has 92 valence electrons. The van der Waals surface area contributed by atoms with Crippen LogP contribution in [-0.2, 0) is 6.54 Å². The quantitative estimate of drug-likeness (QED) is 0.912. The van der Waals surface area contributed by atoms with Crippen molar-refractivity contribution >= 4 is 17.0 Å². The molecule has 0 spiro atoms. The van der Waals surface area contributed by atoms with Gasteiger partial charge in [-0.3, -0.25) is 0 Å². The zero-order valence-corrected chi connectivity index (χ0v) is 11.2. The fourth-order valence-corrected chi connectivity index (χ4v) is 2.42. The summed E-state index contributed by atoms with van der Waals surface area (Å²) in [6, 6.07) is 12.0. The number of nitrogens with zero attached hydrogens (tertiary/aromatic N) is 1. The summed E-state index contributed by atoms with van der Waals surface area (Å²) >= 11 is 1.51. The molecule has 0 amide bonds. The lowest BCUT2D eigenvalue weighted by Gasteiger charge is -2.11. The maximum Gasteiger partial charge on any atom is 0.141 e. The van der Waals surface area contributed by atoms with Crippen LogP contribution >= 0.6 is 11.3 Å². The lowest BCUT2D eigenvalue weighted by molar-refractivity contribution is 0.416. The van der Waals surface area contributed by atoms with Gasteiger partial charge in [-0.25, -0.2) is 0 Å². The van der Waals surface area contributed by atoms with Crippen molar-refractivity contribution < 1.29 is 4.74 Å². The topological polar surface area (TPSA) is 45.0 Å². The van der Waals surface area contributed by atoms with Gasteiger partial charge < -0.3 is 10.1 Å². The molecule has 2 aromatic rings. The summed E-state index contributed by atoms with van der Waals surface area (Å²) in [4.78, 5) is 1.87. The van der Waals surface area contributed by atoms with Gasteiger partial charge in [0, 0.05) is 11.4 Å². The van der Waals surface area contributed by atoms with Gasteiger partial charge in [-0.15, -0.1) is 11.3 Å². The van der Waals surface area contributed by atoms with Crippen LogP contribution in [0.5, 0.6) is 5.75 Å². The van der Waals surface area contributed by atoms with Crippen LogP contribution in [0.15, 0.2) is 30.3 Å². The summed E-state index contributed by atoms with van der Waals surface area (Å²) in [6.07, 6.45) is 0. The highest BCUT2D eigenvalue weighted by Gasteiger charge is 2.04. The van der Waals surface area contributed by atoms with E-state index < -0.39 is 0 Å². The van der Waals surface area contributed by atoms with E-state index in [4.69, 9.17) is 10.00 Å². The van der Waals surface area contributed by atoms with Gasteiger partial charge in [-0.2, -0.15) is 5.26 Å². The maximum atomic E-state index is 8.77. The van der Waals surface area contributed by atoms with Crippen LogP contribution in [0.25, 0.3) is 0 Å². The molecule has 0 unspecified atom stereocenters. The number of hydrogen-bond acceptors (Lipinski definition) is 4. The van der Waals surface area contributed by atoms with Crippen molar-refractivity contribution in [3.05, 3.63) is 45.6 Å². The number of ether oxygens (including phenoxy) is 1. The second-order valence-electron chi connectivity index (χ2n) is 3.94. The maximum absolute atomic E-state index is 8.77. The smallest absolute Gasteiger partial charge is 0.141 e. The lowest BCUT2D eigenvalue weighted by Crippen LogP contribution is -2.00. The molecule has 1 aromatic heterocycles. The number of nitriles is 1. The first-order valence-electron chi connectivity index (χ1n) is 5.60. The number of thiophene rings is 1. The minimum atomic E-state index is 0.701. The summed E-state index contributed by atoms with van der Waals surface area (Å²) in [5, 5.41) is 12.1. The number of nitrogens with one attached hydrogen (secondary N) is 1. The molecule has 2 rings (SSSR count). The standard InChI is InChI=1S/C14H14N2OS/c1-10-3-6-14(17-2)13(7-10)16-9-12-5-4-11(8-15)18-12/h3-7,16H,9H2,1-2H3. The van der Waals surface area contributed by atoms with Crippen LogP contribution in [0.1, 0.15) is 15.3 Å². The van der Waals surface area contributed by atoms with Crippen LogP contribution in [0.3, 0.4) is 0 Å². The van der Waals surface area contributed by atoms with Gasteiger partial charge in [0.05, 0.1) is 12.8 Å². The Balaban J connectivity index is 2.10. The average molecular weight is 258 g/mol. The third-order valence-electron chi connectivity index (χ3n) is 2.58. The highest BCUT2D eigenvalue weighted by atomic mass is 32.1. The molecule has 4 heteroatoms. The molecule has 0 radical (unpaired) electrons. The van der Waals surface area contributed by atoms with E-state index in [1.54, 1.807) is 7.11 Å². The number of methoxy groups -OCH3 is 1. The largest absolute Gasteiger partial charge is 0.495 e. The Bertz CT molecular complexity index is 584. The number of benzene rings is 1. The molecular formula is C14H14N2OS. The Hall–Kier alpha value is -1.99. The highest BCUT2D eigenvalue weighted by molar-refractivity contribution is 7.12. The van der Waals surface area contributed by atoms with Crippen molar-refractivity contribution in [1.29, 1.82) is 5.26 Å². The Labute approximate surface area is 111 Å². The predicted molar refractivity (Wildman–Crippen MR) is 74.1 cm³/mol. The second-order valence-corrected chi connectivity index (χ2v) is 5.10. The van der Waals surface area contributed by atoms with E-state index in [2.05, 4.69) is 17.5 Å². The molecule has 1 N–H and O–H groups in total. The summed E-state index contributed by atoms with van der Waals surface area (Å²) in [5.74, 6) is 0.831. The van der Waals surface area contributed by atoms with Crippen LogP contribution in [-0.4, -0.2) is 7.11 Å². The zero-order valence-electron chi connectivity index (χ0n) is 10.4. The van der Waals surface area contributed by atoms with E-state index in [1.165, 1.54) is 16.9 Å². The molecule has 0 saturated carbocycles. The fraction of sp³-hybridized carbons (Fsp3) is 0.214. The first-order valence-corrected chi connectivity index (χ1v) is 6.42. The summed E-state index contributed by atoms with van der Waals surface area (Å²) < 4.78 is 5.30. The van der Waals surface area contributed by atoms with E-state index in [0.29, 0.717) is 6.54 Å². The number of anilines is 1. The van der Waals surface area contributed by atoms with Crippen LogP contribution in [0.4, 0.5) is 5.69 Å². The Morgan fingerprint density at radius 2 is 2.17 bits per heavy atom. The van der Waals surface area contributed by atoms with Crippen molar-refractivity contribution in [1.82, 2.24) is 0 Å². The average Bonchev–Trinajstić information content (AvgIpc) is 2.84. The fourth-order valence-electron chi connectivity index (χ4n) is 1.68. The van der Waals surface area contributed by atoms with E-state index in [9.17, 15) is 0 Å². The van der Waals surface area contributed by atoms with Gasteiger partial charge in [0.2, 0.25) is 0 Å². The molecule has 0 aliphatic carbocycles. The number of aryl methyl sites for hydroxylation is 1. The molecule has 0 fully saturated rings. The number of rotatable bonds is 4. The SMILES string of the molecule is COc1ccc(C)cc1NCc1ccc(C#N)s1. The summed E-state index contributed by atoms with van der Waals surface area (Å²) in [7, 11) is 1.66. The molecule has 0 atom stereocenters. The van der Waals surface area contributed by atoms with Crippen molar-refractivity contribution in [3.8, 4) is 11.8 Å². The molecule has 0 aliphatic heterocycles. The van der Waals surface area contributed by atoms with Gasteiger partial charge in [-0.05, 0) is 36.8 Å². The van der Waals surface area contributed by atoms with E-state index in [-0.39, 0.29) is 0 Å². The van der Waals surface area contributed by atoms with Gasteiger partial charge in [-0.1, -0.05) is 6.07 Å². The zero-order chi connectivity index (χ0) is 13.0. The van der Waals surface area contributed by atoms with Crippen molar-refractivity contribution in [3.63, 3.8) is 0 Å². The van der Waals surface area contributed by atoms with E-state index in [0.717, 1.165) is 21.2 Å². The predicted octanol–water partition coefficient (Wildman–Crippen LogP) is 3.55. The van der Waals surface area contributed by atoms with Crippen molar-refractivity contribution in [2.24, 2.45) is 0 Å². The highest BCUT2D eigenvalue weighted by Crippen LogP contribution is 2.26. The Morgan fingerprint density at radius 3 is 2.83 bits per heavy atom. The molecule has 0 aliphatic rings. The first-order chi connectivity index (χ1) is 8.72. The van der Waals surface area contributed by atoms with E-state index in [1.807, 2.05) is 31.2 Å². The van der Waals surface area contributed by atoms with Gasteiger partial charge in [0.25, 0.3) is 0 Å². The van der Waals surface area contributed by atoms with Crippen molar-refractivity contribution in [2.75, 3.05) is 12.4 Å². The molecule has 0 bridgehead atoms. The minimum Gasteiger partial charge on any atom is -0.495 e. The Morgan fingerprint density at radius 1 is 1.33 bits per heavy atom. The van der Waals surface area contributed by atoms with Crippen LogP contribution in [0.2, 0.25) is 0 Å². The second kappa shape index (κ2) is 5.56. The monoisotopic (exact) mass is 258 g/mol. The molecule has 3 nitrogen and oxygen atoms in total. The molecule has 0 saturated heterocycles. The third-order valence-corrected chi connectivity index (χ3v) is 3.57. The first kappa shape index (κ1) is 12.5. The molecule has 1 aromatic carbocycles. The van der Waals surface area contributed by atoms with Crippen LogP contribution in [0, 0.1) is 18.3 Å². The van der Waals surface area contributed by atoms with Gasteiger partial charge in [0.1, 0.15) is 16.7 Å². The minimum absolute atomic E-state index is 0.701.